The molecule has 0 unspecified atom stereocenters. The van der Waals surface area contributed by atoms with Gasteiger partial charge in [-0.05, 0) is 36.8 Å². The molecule has 0 bridgehead atoms. The Kier molecular flexibility index (Phi) is 4.93. The van der Waals surface area contributed by atoms with Gasteiger partial charge in [0.05, 0.1) is 5.56 Å². The van der Waals surface area contributed by atoms with Gasteiger partial charge in [-0.1, -0.05) is 36.4 Å². The van der Waals surface area contributed by atoms with Gasteiger partial charge in [-0.25, -0.2) is 14.4 Å². The zero-order valence-electron chi connectivity index (χ0n) is 15.8. The van der Waals surface area contributed by atoms with Crippen LogP contribution in [0.2, 0.25) is 0 Å². The molecular formula is C23H16O7. The average Bonchev–Trinajstić information content (AvgIpc) is 3.19. The molecule has 150 valence electrons. The smallest absolute Gasteiger partial charge is 0.349 e. The molecule has 0 amide bonds. The Balaban J connectivity index is 1.56. The van der Waals surface area contributed by atoms with Crippen LogP contribution in [0.4, 0.5) is 0 Å². The maximum atomic E-state index is 12.3. The van der Waals surface area contributed by atoms with Gasteiger partial charge in [-0.3, -0.25) is 0 Å². The van der Waals surface area contributed by atoms with E-state index in [-0.39, 0.29) is 16.9 Å². The summed E-state index contributed by atoms with van der Waals surface area (Å²) in [6.45, 7) is 1.77. The van der Waals surface area contributed by atoms with Gasteiger partial charge >= 0.3 is 17.9 Å². The molecule has 2 aromatic carbocycles. The van der Waals surface area contributed by atoms with Gasteiger partial charge in [-0.2, -0.15) is 0 Å². The Bertz CT molecular complexity index is 1150. The molecule has 0 atom stereocenters. The number of aryl methyl sites for hydroxylation is 1. The lowest BCUT2D eigenvalue weighted by Gasteiger charge is -2.23. The highest BCUT2D eigenvalue weighted by atomic mass is 16.7. The van der Waals surface area contributed by atoms with Crippen molar-refractivity contribution < 1.29 is 33.4 Å². The van der Waals surface area contributed by atoms with Gasteiger partial charge in [0.2, 0.25) is 0 Å². The number of furan rings is 1. The molecule has 0 radical (unpaired) electrons. The molecule has 2 heterocycles. The Hall–Kier alpha value is -4.13. The van der Waals surface area contributed by atoms with Crippen LogP contribution in [0.25, 0.3) is 17.4 Å². The number of carbonyl (C=O) groups excluding carboxylic acids is 2. The molecule has 1 aromatic heterocycles. The first kappa shape index (κ1) is 19.2. The van der Waals surface area contributed by atoms with E-state index < -0.39 is 24.2 Å². The van der Waals surface area contributed by atoms with E-state index in [1.807, 2.05) is 0 Å². The standard InChI is InChI=1S/C23H16O7/c1-13-11-15(20(24)25)7-9-17(13)19-10-8-16(28-19)12-18-21(26)29-23(30-22(18)27)14-5-3-2-4-6-14/h2-12,23H,1H3,(H,24,25). The van der Waals surface area contributed by atoms with E-state index in [1.54, 1.807) is 55.5 Å². The molecule has 3 aromatic rings. The topological polar surface area (TPSA) is 103 Å². The number of carboxylic acids is 1. The third-order valence-electron chi connectivity index (χ3n) is 4.59. The lowest BCUT2D eigenvalue weighted by atomic mass is 10.0. The highest BCUT2D eigenvalue weighted by Gasteiger charge is 2.34. The van der Waals surface area contributed by atoms with Crippen molar-refractivity contribution in [2.45, 2.75) is 13.2 Å². The SMILES string of the molecule is Cc1cc(C(=O)O)ccc1-c1ccc(C=C2C(=O)OC(c3ccccc3)OC2=O)o1. The lowest BCUT2D eigenvalue weighted by Crippen LogP contribution is -2.29. The second-order valence-electron chi connectivity index (χ2n) is 6.65. The third-order valence-corrected chi connectivity index (χ3v) is 4.59. The van der Waals surface area contributed by atoms with Gasteiger partial charge in [-0.15, -0.1) is 0 Å². The van der Waals surface area contributed by atoms with Gasteiger partial charge in [0.1, 0.15) is 17.1 Å². The number of hydrogen-bond acceptors (Lipinski definition) is 6. The monoisotopic (exact) mass is 404 g/mol. The molecule has 4 rings (SSSR count). The fourth-order valence-electron chi connectivity index (χ4n) is 3.08. The predicted octanol–water partition coefficient (Wildman–Crippen LogP) is 4.14. The number of cyclic esters (lactones) is 2. The van der Waals surface area contributed by atoms with Crippen LogP contribution in [-0.2, 0) is 19.1 Å². The highest BCUT2D eigenvalue weighted by molar-refractivity contribution is 6.18. The van der Waals surface area contributed by atoms with Crippen molar-refractivity contribution in [3.05, 3.63) is 88.7 Å². The number of carboxylic acid groups (broad SMARTS) is 1. The molecule has 7 nitrogen and oxygen atoms in total. The van der Waals surface area contributed by atoms with E-state index in [4.69, 9.17) is 19.0 Å². The van der Waals surface area contributed by atoms with Crippen LogP contribution in [0.5, 0.6) is 0 Å². The van der Waals surface area contributed by atoms with E-state index in [0.717, 1.165) is 0 Å². The van der Waals surface area contributed by atoms with Crippen LogP contribution in [-0.4, -0.2) is 23.0 Å². The van der Waals surface area contributed by atoms with Crippen molar-refractivity contribution >= 4 is 24.0 Å². The summed E-state index contributed by atoms with van der Waals surface area (Å²) < 4.78 is 16.2. The second-order valence-corrected chi connectivity index (χ2v) is 6.65. The van der Waals surface area contributed by atoms with Crippen LogP contribution in [0.3, 0.4) is 0 Å². The summed E-state index contributed by atoms with van der Waals surface area (Å²) in [4.78, 5) is 35.8. The van der Waals surface area contributed by atoms with Crippen LogP contribution < -0.4 is 0 Å². The predicted molar refractivity (Wildman–Crippen MR) is 105 cm³/mol. The Labute approximate surface area is 171 Å². The van der Waals surface area contributed by atoms with E-state index in [2.05, 4.69) is 0 Å². The van der Waals surface area contributed by atoms with Gasteiger partial charge in [0.15, 0.2) is 0 Å². The average molecular weight is 404 g/mol. The summed E-state index contributed by atoms with van der Waals surface area (Å²) in [5.41, 5.74) is 1.86. The molecule has 1 aliphatic rings. The van der Waals surface area contributed by atoms with Crippen LogP contribution >= 0.6 is 0 Å². The fraction of sp³-hybridized carbons (Fsp3) is 0.0870. The van der Waals surface area contributed by atoms with Gasteiger partial charge in [0.25, 0.3) is 6.29 Å². The largest absolute Gasteiger partial charge is 0.478 e. The molecule has 1 N–H and O–H groups in total. The Morgan fingerprint density at radius 3 is 2.30 bits per heavy atom. The number of ether oxygens (including phenoxy) is 2. The second kappa shape index (κ2) is 7.71. The molecule has 1 saturated heterocycles. The number of carbonyl (C=O) groups is 3. The summed E-state index contributed by atoms with van der Waals surface area (Å²) in [7, 11) is 0. The van der Waals surface area contributed by atoms with E-state index in [9.17, 15) is 14.4 Å². The number of hydrogen-bond donors (Lipinski definition) is 1. The summed E-state index contributed by atoms with van der Waals surface area (Å²) in [6, 6.07) is 16.6. The first-order valence-electron chi connectivity index (χ1n) is 9.05. The Morgan fingerprint density at radius 1 is 0.967 bits per heavy atom. The van der Waals surface area contributed by atoms with Crippen molar-refractivity contribution in [3.63, 3.8) is 0 Å². The molecular weight excluding hydrogens is 388 g/mol. The van der Waals surface area contributed by atoms with Crippen molar-refractivity contribution in [2.75, 3.05) is 0 Å². The molecule has 0 saturated carbocycles. The molecule has 1 aliphatic heterocycles. The summed E-state index contributed by atoms with van der Waals surface area (Å²) >= 11 is 0. The van der Waals surface area contributed by atoms with Gasteiger partial charge < -0.3 is 19.0 Å². The maximum absolute atomic E-state index is 12.3. The number of rotatable bonds is 4. The normalized spacial score (nSPS) is 16.0. The minimum Gasteiger partial charge on any atom is -0.478 e. The van der Waals surface area contributed by atoms with E-state index in [0.29, 0.717) is 22.5 Å². The molecule has 0 spiro atoms. The first-order chi connectivity index (χ1) is 14.4. The first-order valence-corrected chi connectivity index (χ1v) is 9.05. The third kappa shape index (κ3) is 3.73. The minimum absolute atomic E-state index is 0.172. The summed E-state index contributed by atoms with van der Waals surface area (Å²) in [5.74, 6) is -1.90. The minimum atomic E-state index is -1.09. The maximum Gasteiger partial charge on any atom is 0.349 e. The zero-order valence-corrected chi connectivity index (χ0v) is 15.8. The van der Waals surface area contributed by atoms with Crippen LogP contribution in [0.15, 0.2) is 70.7 Å². The number of aromatic carboxylic acids is 1. The number of benzene rings is 2. The van der Waals surface area contributed by atoms with Gasteiger partial charge in [0, 0.05) is 17.2 Å². The quantitative estimate of drug-likeness (QED) is 0.396. The zero-order chi connectivity index (χ0) is 21.3. The molecule has 7 heteroatoms. The van der Waals surface area contributed by atoms with Crippen molar-refractivity contribution in [1.29, 1.82) is 0 Å². The van der Waals surface area contributed by atoms with Crippen molar-refractivity contribution in [2.24, 2.45) is 0 Å². The van der Waals surface area contributed by atoms with Crippen LogP contribution in [0.1, 0.15) is 33.5 Å². The molecule has 30 heavy (non-hydrogen) atoms. The number of esters is 2. The highest BCUT2D eigenvalue weighted by Crippen LogP contribution is 2.30. The fourth-order valence-corrected chi connectivity index (χ4v) is 3.08. The van der Waals surface area contributed by atoms with E-state index in [1.165, 1.54) is 18.2 Å². The summed E-state index contributed by atoms with van der Waals surface area (Å²) in [6.07, 6.45) is 0.169. The lowest BCUT2D eigenvalue weighted by molar-refractivity contribution is -0.195. The molecule has 0 aliphatic carbocycles. The van der Waals surface area contributed by atoms with E-state index >= 15 is 0 Å². The van der Waals surface area contributed by atoms with Crippen molar-refractivity contribution in [3.8, 4) is 11.3 Å². The Morgan fingerprint density at radius 2 is 1.67 bits per heavy atom. The van der Waals surface area contributed by atoms with Crippen LogP contribution in [0, 0.1) is 6.92 Å². The summed E-state index contributed by atoms with van der Waals surface area (Å²) in [5, 5.41) is 9.08. The molecule has 1 fully saturated rings. The van der Waals surface area contributed by atoms with Crippen molar-refractivity contribution in [1.82, 2.24) is 0 Å².